The van der Waals surface area contributed by atoms with Crippen molar-refractivity contribution in [3.63, 3.8) is 0 Å². The third kappa shape index (κ3) is 4.78. The summed E-state index contributed by atoms with van der Waals surface area (Å²) < 4.78 is 0. The molecule has 0 heterocycles. The van der Waals surface area contributed by atoms with Crippen LogP contribution in [0, 0.1) is 5.41 Å². The molecule has 1 amide bonds. The van der Waals surface area contributed by atoms with Gasteiger partial charge < -0.3 is 11.1 Å². The Kier molecular flexibility index (Phi) is 4.76. The molecule has 0 radical (unpaired) electrons. The van der Waals surface area contributed by atoms with Crippen molar-refractivity contribution >= 4 is 11.6 Å². The van der Waals surface area contributed by atoms with Gasteiger partial charge in [0, 0.05) is 12.2 Å². The van der Waals surface area contributed by atoms with Crippen LogP contribution in [0.25, 0.3) is 0 Å². The summed E-state index contributed by atoms with van der Waals surface area (Å²) in [5.74, 6) is -0.0988. The Morgan fingerprint density at radius 2 is 2.06 bits per heavy atom. The number of carbonyl (C=O) groups is 1. The number of hydrogen-bond donors (Lipinski definition) is 2. The molecule has 1 atom stereocenters. The van der Waals surface area contributed by atoms with E-state index in [4.69, 9.17) is 5.73 Å². The van der Waals surface area contributed by atoms with Crippen molar-refractivity contribution < 1.29 is 4.79 Å². The van der Waals surface area contributed by atoms with Gasteiger partial charge in [0.15, 0.2) is 0 Å². The van der Waals surface area contributed by atoms with E-state index in [1.165, 1.54) is 0 Å². The van der Waals surface area contributed by atoms with Crippen LogP contribution in [0.5, 0.6) is 0 Å². The zero-order valence-electron chi connectivity index (χ0n) is 11.8. The summed E-state index contributed by atoms with van der Waals surface area (Å²) in [6, 6.07) is 7.50. The molecule has 0 bridgehead atoms. The smallest absolute Gasteiger partial charge is 0.227 e. The summed E-state index contributed by atoms with van der Waals surface area (Å²) in [6.45, 7) is 9.12. The predicted octanol–water partition coefficient (Wildman–Crippen LogP) is 2.92. The van der Waals surface area contributed by atoms with E-state index >= 15 is 0 Å². The molecule has 18 heavy (non-hydrogen) atoms. The third-order valence-electron chi connectivity index (χ3n) is 2.98. The average Bonchev–Trinajstić information content (AvgIpc) is 2.26. The molecule has 0 saturated heterocycles. The van der Waals surface area contributed by atoms with Crippen molar-refractivity contribution in [3.8, 4) is 0 Å². The zero-order chi connectivity index (χ0) is 13.8. The predicted molar refractivity (Wildman–Crippen MR) is 76.4 cm³/mol. The van der Waals surface area contributed by atoms with Crippen LogP contribution in [0.1, 0.15) is 45.6 Å². The van der Waals surface area contributed by atoms with Crippen molar-refractivity contribution in [3.05, 3.63) is 29.8 Å². The molecule has 0 aliphatic heterocycles. The number of amides is 1. The maximum Gasteiger partial charge on any atom is 0.227 e. The molecule has 0 aliphatic carbocycles. The van der Waals surface area contributed by atoms with E-state index in [0.717, 1.165) is 18.5 Å². The molecule has 0 aromatic heterocycles. The van der Waals surface area contributed by atoms with Crippen LogP contribution in [-0.2, 0) is 4.79 Å². The lowest BCUT2D eigenvalue weighted by Gasteiger charge is -2.19. The average molecular weight is 248 g/mol. The summed E-state index contributed by atoms with van der Waals surface area (Å²) in [7, 11) is 0. The summed E-state index contributed by atoms with van der Waals surface area (Å²) >= 11 is 0. The minimum Gasteiger partial charge on any atom is -0.399 e. The Morgan fingerprint density at radius 1 is 1.39 bits per heavy atom. The third-order valence-corrected chi connectivity index (χ3v) is 2.98. The van der Waals surface area contributed by atoms with Gasteiger partial charge in [0.2, 0.25) is 5.91 Å². The van der Waals surface area contributed by atoms with Gasteiger partial charge in [0.05, 0.1) is 5.92 Å². The quantitative estimate of drug-likeness (QED) is 0.805. The van der Waals surface area contributed by atoms with Gasteiger partial charge in [0.25, 0.3) is 0 Å². The SMILES string of the molecule is CC(C(=O)NCCC(C)(C)C)c1cccc(N)c1. The number of nitrogen functional groups attached to an aromatic ring is 1. The van der Waals surface area contributed by atoms with Gasteiger partial charge in [-0.1, -0.05) is 32.9 Å². The van der Waals surface area contributed by atoms with Crippen LogP contribution in [0.15, 0.2) is 24.3 Å². The molecule has 3 heteroatoms. The largest absolute Gasteiger partial charge is 0.399 e. The first-order valence-electron chi connectivity index (χ1n) is 6.43. The molecule has 1 rings (SSSR count). The minimum atomic E-state index is -0.159. The van der Waals surface area contributed by atoms with Crippen molar-refractivity contribution in [2.24, 2.45) is 5.41 Å². The van der Waals surface area contributed by atoms with Crippen molar-refractivity contribution in [2.75, 3.05) is 12.3 Å². The molecule has 1 aromatic rings. The van der Waals surface area contributed by atoms with Gasteiger partial charge in [-0.2, -0.15) is 0 Å². The Labute approximate surface area is 110 Å². The van der Waals surface area contributed by atoms with Crippen molar-refractivity contribution in [1.29, 1.82) is 0 Å². The first-order valence-corrected chi connectivity index (χ1v) is 6.43. The number of carbonyl (C=O) groups excluding carboxylic acids is 1. The summed E-state index contributed by atoms with van der Waals surface area (Å²) in [5, 5.41) is 2.98. The highest BCUT2D eigenvalue weighted by molar-refractivity contribution is 5.83. The second-order valence-electron chi connectivity index (χ2n) is 5.99. The lowest BCUT2D eigenvalue weighted by atomic mass is 9.92. The number of rotatable bonds is 4. The molecule has 3 nitrogen and oxygen atoms in total. The highest BCUT2D eigenvalue weighted by Gasteiger charge is 2.16. The second-order valence-corrected chi connectivity index (χ2v) is 5.99. The monoisotopic (exact) mass is 248 g/mol. The fraction of sp³-hybridized carbons (Fsp3) is 0.533. The number of nitrogens with one attached hydrogen (secondary N) is 1. The van der Waals surface area contributed by atoms with E-state index in [2.05, 4.69) is 26.1 Å². The molecule has 0 aliphatic rings. The van der Waals surface area contributed by atoms with Crippen LogP contribution in [0.2, 0.25) is 0 Å². The van der Waals surface area contributed by atoms with E-state index in [1.807, 2.05) is 31.2 Å². The van der Waals surface area contributed by atoms with E-state index in [9.17, 15) is 4.79 Å². The van der Waals surface area contributed by atoms with Crippen LogP contribution in [0.3, 0.4) is 0 Å². The van der Waals surface area contributed by atoms with E-state index < -0.39 is 0 Å². The Bertz CT molecular complexity index is 407. The summed E-state index contributed by atoms with van der Waals surface area (Å²) in [6.07, 6.45) is 0.975. The fourth-order valence-electron chi connectivity index (χ4n) is 1.69. The molecule has 1 aromatic carbocycles. The fourth-order valence-corrected chi connectivity index (χ4v) is 1.69. The first-order chi connectivity index (χ1) is 8.29. The van der Waals surface area contributed by atoms with Crippen LogP contribution in [-0.4, -0.2) is 12.5 Å². The normalized spacial score (nSPS) is 13.1. The first kappa shape index (κ1) is 14.6. The van der Waals surface area contributed by atoms with Crippen LogP contribution < -0.4 is 11.1 Å². The highest BCUT2D eigenvalue weighted by atomic mass is 16.1. The lowest BCUT2D eigenvalue weighted by Crippen LogP contribution is -2.30. The number of anilines is 1. The zero-order valence-corrected chi connectivity index (χ0v) is 11.8. The van der Waals surface area contributed by atoms with Gasteiger partial charge in [-0.15, -0.1) is 0 Å². The van der Waals surface area contributed by atoms with Crippen molar-refractivity contribution in [1.82, 2.24) is 5.32 Å². The lowest BCUT2D eigenvalue weighted by molar-refractivity contribution is -0.122. The van der Waals surface area contributed by atoms with Gasteiger partial charge in [0.1, 0.15) is 0 Å². The highest BCUT2D eigenvalue weighted by Crippen LogP contribution is 2.19. The number of nitrogens with two attached hydrogens (primary N) is 1. The maximum absolute atomic E-state index is 12.0. The Hall–Kier alpha value is -1.51. The summed E-state index contributed by atoms with van der Waals surface area (Å²) in [4.78, 5) is 12.0. The van der Waals surface area contributed by atoms with E-state index in [-0.39, 0.29) is 17.2 Å². The standard InChI is InChI=1S/C15H24N2O/c1-11(12-6-5-7-13(16)10-12)14(18)17-9-8-15(2,3)4/h5-7,10-11H,8-9,16H2,1-4H3,(H,17,18). The number of hydrogen-bond acceptors (Lipinski definition) is 2. The molecular weight excluding hydrogens is 224 g/mol. The molecule has 1 unspecified atom stereocenters. The van der Waals surface area contributed by atoms with E-state index in [0.29, 0.717) is 5.69 Å². The second kappa shape index (κ2) is 5.89. The van der Waals surface area contributed by atoms with Crippen molar-refractivity contribution in [2.45, 2.75) is 40.0 Å². The van der Waals surface area contributed by atoms with Crippen LogP contribution >= 0.6 is 0 Å². The number of benzene rings is 1. The minimum absolute atomic E-state index is 0.0600. The maximum atomic E-state index is 12.0. The van der Waals surface area contributed by atoms with E-state index in [1.54, 1.807) is 0 Å². The molecule has 100 valence electrons. The van der Waals surface area contributed by atoms with Gasteiger partial charge in [-0.3, -0.25) is 4.79 Å². The molecule has 3 N–H and O–H groups in total. The molecule has 0 saturated carbocycles. The topological polar surface area (TPSA) is 55.1 Å². The molecule has 0 fully saturated rings. The van der Waals surface area contributed by atoms with Crippen LogP contribution in [0.4, 0.5) is 5.69 Å². The molecule has 0 spiro atoms. The Morgan fingerprint density at radius 3 is 2.61 bits per heavy atom. The molecular formula is C15H24N2O. The van der Waals surface area contributed by atoms with Gasteiger partial charge in [-0.25, -0.2) is 0 Å². The Balaban J connectivity index is 2.52. The van der Waals surface area contributed by atoms with Gasteiger partial charge >= 0.3 is 0 Å². The summed E-state index contributed by atoms with van der Waals surface area (Å²) in [5.41, 5.74) is 7.62. The van der Waals surface area contributed by atoms with Gasteiger partial charge in [-0.05, 0) is 36.5 Å².